The molecule has 202 valence electrons. The van der Waals surface area contributed by atoms with Crippen molar-refractivity contribution in [2.75, 3.05) is 24.7 Å². The minimum atomic E-state index is -0.348. The van der Waals surface area contributed by atoms with Crippen LogP contribution in [0.25, 0.3) is 22.4 Å². The molecule has 0 bridgehead atoms. The van der Waals surface area contributed by atoms with E-state index in [0.717, 1.165) is 22.5 Å². The molecule has 1 aromatic carbocycles. The Morgan fingerprint density at radius 2 is 1.87 bits per heavy atom. The number of nitrogens with one attached hydrogen (secondary N) is 3. The Hall–Kier alpha value is -4.44. The number of carbonyl (C=O) groups is 1. The number of nitrogens with zero attached hydrogens (tertiary/aromatic N) is 3. The summed E-state index contributed by atoms with van der Waals surface area (Å²) < 4.78 is 6.45. The second kappa shape index (κ2) is 11.5. The number of anilines is 2. The number of benzene rings is 1. The minimum absolute atomic E-state index is 0.120. The zero-order chi connectivity index (χ0) is 28.3. The lowest BCUT2D eigenvalue weighted by Crippen LogP contribution is -2.27. The maximum Gasteiger partial charge on any atom is 0.320 e. The highest BCUT2D eigenvalue weighted by atomic mass is 35.5. The van der Waals surface area contributed by atoms with Crippen LogP contribution in [-0.2, 0) is 9.63 Å². The summed E-state index contributed by atoms with van der Waals surface area (Å²) in [5, 5.41) is 7.22. The average molecular weight is 549 g/mol. The number of carbonyl (C=O) groups excluding carboxylic acids is 1. The van der Waals surface area contributed by atoms with Gasteiger partial charge in [-0.1, -0.05) is 17.7 Å². The molecule has 3 aromatic heterocycles. The fraction of sp³-hybridized carbons (Fsp3) is 0.250. The van der Waals surface area contributed by atoms with Crippen molar-refractivity contribution in [3.05, 3.63) is 79.9 Å². The van der Waals surface area contributed by atoms with E-state index in [-0.39, 0.29) is 28.9 Å². The Morgan fingerprint density at radius 3 is 2.54 bits per heavy atom. The van der Waals surface area contributed by atoms with Crippen LogP contribution in [0.2, 0.25) is 5.15 Å². The number of hydroxylamine groups is 1. The summed E-state index contributed by atoms with van der Waals surface area (Å²) >= 11 is 6.15. The van der Waals surface area contributed by atoms with Crippen LogP contribution < -0.4 is 21.5 Å². The lowest BCUT2D eigenvalue weighted by molar-refractivity contribution is -0.132. The van der Waals surface area contributed by atoms with E-state index in [1.165, 1.54) is 7.05 Å². The van der Waals surface area contributed by atoms with Crippen LogP contribution in [0, 0.1) is 20.8 Å². The summed E-state index contributed by atoms with van der Waals surface area (Å²) in [4.78, 5) is 42.0. The van der Waals surface area contributed by atoms with Crippen molar-refractivity contribution in [1.29, 1.82) is 0 Å². The number of rotatable bonds is 8. The molecule has 3 N–H and O–H groups in total. The summed E-state index contributed by atoms with van der Waals surface area (Å²) in [6.45, 7) is 7.75. The highest BCUT2D eigenvalue weighted by molar-refractivity contribution is 6.29. The number of aryl methyl sites for hydroxylation is 2. The van der Waals surface area contributed by atoms with E-state index in [9.17, 15) is 9.59 Å². The van der Waals surface area contributed by atoms with Gasteiger partial charge in [0.1, 0.15) is 22.1 Å². The predicted octanol–water partition coefficient (Wildman–Crippen LogP) is 5.10. The predicted molar refractivity (Wildman–Crippen MR) is 154 cm³/mol. The first-order chi connectivity index (χ1) is 18.7. The maximum absolute atomic E-state index is 13.5. The van der Waals surface area contributed by atoms with Crippen LogP contribution in [0.15, 0.2) is 50.6 Å². The van der Waals surface area contributed by atoms with Crippen LogP contribution in [0.4, 0.5) is 11.4 Å². The van der Waals surface area contributed by atoms with E-state index in [4.69, 9.17) is 16.0 Å². The number of pyridine rings is 2. The Kier molecular flexibility index (Phi) is 8.15. The molecule has 0 aliphatic heterocycles. The first kappa shape index (κ1) is 27.6. The van der Waals surface area contributed by atoms with Gasteiger partial charge in [-0.15, -0.1) is 0 Å². The number of fused-ring (bicyclic) bond motifs is 1. The van der Waals surface area contributed by atoms with E-state index >= 15 is 0 Å². The molecule has 0 saturated heterocycles. The number of aliphatic imine (C=N–C) groups is 1. The molecule has 0 aliphatic rings. The second-order valence-corrected chi connectivity index (χ2v) is 9.37. The van der Waals surface area contributed by atoms with Crippen LogP contribution in [-0.4, -0.2) is 36.4 Å². The molecule has 0 radical (unpaired) electrons. The SMILES string of the molecule is CN=C(NOC=O)c1nc(Cl)ccc1NC(C)c1cc(C)cc2c(=O)c(C)c(-c3ccc(NC)c(C)n3)oc12. The molecular weight excluding hydrogens is 520 g/mol. The van der Waals surface area contributed by atoms with Crippen LogP contribution in [0.5, 0.6) is 0 Å². The van der Waals surface area contributed by atoms with Gasteiger partial charge >= 0.3 is 6.47 Å². The number of aromatic nitrogens is 2. The lowest BCUT2D eigenvalue weighted by atomic mass is 9.99. The molecule has 39 heavy (non-hydrogen) atoms. The average Bonchev–Trinajstić information content (AvgIpc) is 2.92. The Bertz CT molecular complexity index is 1650. The topological polar surface area (TPSA) is 131 Å². The molecular formula is C28H29ClN6O4. The Morgan fingerprint density at radius 1 is 1.13 bits per heavy atom. The molecule has 10 nitrogen and oxygen atoms in total. The summed E-state index contributed by atoms with van der Waals surface area (Å²) in [6.07, 6.45) is 0. The maximum atomic E-state index is 13.5. The van der Waals surface area contributed by atoms with Crippen molar-refractivity contribution in [2.45, 2.75) is 33.7 Å². The molecule has 3 heterocycles. The minimum Gasteiger partial charge on any atom is -0.454 e. The van der Waals surface area contributed by atoms with Gasteiger partial charge in [0.05, 0.1) is 28.5 Å². The highest BCUT2D eigenvalue weighted by Gasteiger charge is 2.21. The van der Waals surface area contributed by atoms with E-state index in [1.807, 2.05) is 52.1 Å². The largest absolute Gasteiger partial charge is 0.454 e. The van der Waals surface area contributed by atoms with Gasteiger partial charge in [-0.2, -0.15) is 5.48 Å². The van der Waals surface area contributed by atoms with Crippen LogP contribution >= 0.6 is 11.6 Å². The molecule has 0 fully saturated rings. The molecule has 4 aromatic rings. The van der Waals surface area contributed by atoms with Gasteiger partial charge in [0, 0.05) is 25.2 Å². The zero-order valence-corrected chi connectivity index (χ0v) is 23.2. The Balaban J connectivity index is 1.84. The number of hydrogen-bond donors (Lipinski definition) is 3. The third-order valence-electron chi connectivity index (χ3n) is 6.33. The van der Waals surface area contributed by atoms with Crippen LogP contribution in [0.1, 0.15) is 41.0 Å². The van der Waals surface area contributed by atoms with Crippen molar-refractivity contribution in [2.24, 2.45) is 4.99 Å². The van der Waals surface area contributed by atoms with Crippen molar-refractivity contribution < 1.29 is 14.0 Å². The van der Waals surface area contributed by atoms with Crippen molar-refractivity contribution in [3.8, 4) is 11.5 Å². The number of halogens is 1. The van der Waals surface area contributed by atoms with Gasteiger partial charge in [-0.25, -0.2) is 9.97 Å². The summed E-state index contributed by atoms with van der Waals surface area (Å²) in [7, 11) is 3.36. The van der Waals surface area contributed by atoms with Gasteiger partial charge in [-0.05, 0) is 63.6 Å². The van der Waals surface area contributed by atoms with Gasteiger partial charge in [0.2, 0.25) is 0 Å². The first-order valence-electron chi connectivity index (χ1n) is 12.2. The van der Waals surface area contributed by atoms with Gasteiger partial charge < -0.3 is 19.9 Å². The number of amidine groups is 1. The molecule has 0 saturated carbocycles. The van der Waals surface area contributed by atoms with E-state index in [0.29, 0.717) is 39.4 Å². The van der Waals surface area contributed by atoms with E-state index in [2.05, 4.69) is 35.9 Å². The van der Waals surface area contributed by atoms with Crippen molar-refractivity contribution in [3.63, 3.8) is 0 Å². The molecule has 0 amide bonds. The van der Waals surface area contributed by atoms with E-state index < -0.39 is 0 Å². The zero-order valence-electron chi connectivity index (χ0n) is 22.5. The van der Waals surface area contributed by atoms with Gasteiger partial charge in [0.15, 0.2) is 17.0 Å². The lowest BCUT2D eigenvalue weighted by Gasteiger charge is -2.20. The molecule has 1 atom stereocenters. The fourth-order valence-electron chi connectivity index (χ4n) is 4.41. The molecule has 4 rings (SSSR count). The second-order valence-electron chi connectivity index (χ2n) is 8.98. The normalized spacial score (nSPS) is 12.2. The van der Waals surface area contributed by atoms with Crippen molar-refractivity contribution in [1.82, 2.24) is 15.4 Å². The van der Waals surface area contributed by atoms with Crippen molar-refractivity contribution >= 4 is 46.3 Å². The smallest absolute Gasteiger partial charge is 0.320 e. The molecule has 0 aliphatic carbocycles. The van der Waals surface area contributed by atoms with E-state index in [1.54, 1.807) is 19.1 Å². The first-order valence-corrected chi connectivity index (χ1v) is 12.6. The fourth-order valence-corrected chi connectivity index (χ4v) is 4.56. The Labute approximate surface area is 230 Å². The molecule has 0 spiro atoms. The van der Waals surface area contributed by atoms with Gasteiger partial charge in [-0.3, -0.25) is 14.6 Å². The number of hydrogen-bond acceptors (Lipinski definition) is 9. The highest BCUT2D eigenvalue weighted by Crippen LogP contribution is 2.33. The summed E-state index contributed by atoms with van der Waals surface area (Å²) in [5.74, 6) is 0.615. The summed E-state index contributed by atoms with van der Waals surface area (Å²) in [6, 6.07) is 10.6. The monoisotopic (exact) mass is 548 g/mol. The third-order valence-corrected chi connectivity index (χ3v) is 6.54. The molecule has 1 unspecified atom stereocenters. The summed E-state index contributed by atoms with van der Waals surface area (Å²) in [5.41, 5.74) is 8.12. The molecule has 11 heteroatoms. The van der Waals surface area contributed by atoms with Gasteiger partial charge in [0.25, 0.3) is 0 Å². The standard InChI is InChI=1S/C28H29ClN6O4/c1-14-11-18(16(3)32-21-9-10-23(29)34-24(21)28(31-6)35-38-13-36)27-19(12-14)25(37)15(2)26(39-27)22-8-7-20(30-5)17(4)33-22/h7-13,16,30,32H,1-6H3,(H,31,35). The van der Waals surface area contributed by atoms with Crippen LogP contribution in [0.3, 0.4) is 0 Å². The quantitative estimate of drug-likeness (QED) is 0.0904. The third kappa shape index (κ3) is 5.56.